The summed E-state index contributed by atoms with van der Waals surface area (Å²) in [6, 6.07) is 16.6. The third-order valence-corrected chi connectivity index (χ3v) is 7.64. The Balaban J connectivity index is 1.64. The van der Waals surface area contributed by atoms with Crippen molar-refractivity contribution in [2.75, 3.05) is 31.1 Å². The lowest BCUT2D eigenvalue weighted by molar-refractivity contribution is -0.142. The first-order valence-electron chi connectivity index (χ1n) is 13.0. The van der Waals surface area contributed by atoms with Crippen molar-refractivity contribution < 1.29 is 31.9 Å². The Morgan fingerprint density at radius 3 is 2.29 bits per heavy atom. The number of hydrogen-bond donors (Lipinski definition) is 2. The van der Waals surface area contributed by atoms with Gasteiger partial charge >= 0.3 is 0 Å². The molecule has 0 bridgehead atoms. The molecule has 0 saturated carbocycles. The van der Waals surface area contributed by atoms with E-state index in [4.69, 9.17) is 21.1 Å². The van der Waals surface area contributed by atoms with E-state index >= 15 is 0 Å². The highest BCUT2D eigenvalue weighted by Crippen LogP contribution is 2.20. The van der Waals surface area contributed by atoms with Gasteiger partial charge in [0.2, 0.25) is 5.91 Å². The fraction of sp³-hybridized carbons (Fsp3) is 0.310. The van der Waals surface area contributed by atoms with Crippen molar-refractivity contribution in [2.45, 2.75) is 37.8 Å². The van der Waals surface area contributed by atoms with E-state index in [2.05, 4.69) is 10.0 Å². The summed E-state index contributed by atoms with van der Waals surface area (Å²) in [6.07, 6.45) is 0.645. The number of ether oxygens (including phenoxy) is 2. The molecule has 0 radical (unpaired) electrons. The smallest absolute Gasteiger partial charge is 0.261 e. The molecule has 0 aromatic heterocycles. The zero-order valence-electron chi connectivity index (χ0n) is 22.8. The Morgan fingerprint density at radius 1 is 1.00 bits per heavy atom. The van der Waals surface area contributed by atoms with Crippen molar-refractivity contribution in [1.29, 1.82) is 0 Å². The fourth-order valence-electron chi connectivity index (χ4n) is 3.72. The number of carbonyl (C=O) groups excluding carboxylic acids is 2. The number of amides is 2. The van der Waals surface area contributed by atoms with Crippen LogP contribution < -0.4 is 14.8 Å². The first-order valence-corrected chi connectivity index (χ1v) is 14.9. The van der Waals surface area contributed by atoms with Crippen molar-refractivity contribution in [2.24, 2.45) is 0 Å². The summed E-state index contributed by atoms with van der Waals surface area (Å²) in [6.45, 7) is 4.84. The number of anilines is 1. The van der Waals surface area contributed by atoms with Gasteiger partial charge in [0.15, 0.2) is 6.61 Å². The second kappa shape index (κ2) is 15.4. The maximum absolute atomic E-state index is 13.2. The SMILES string of the molecule is CCOCCCNC(=O)C(C)N(Cc1ccc(Cl)cc1)C(=O)COc1ccc(S(=O)(=O)Nc2ccc(F)cc2)cc1. The molecule has 1 atom stereocenters. The molecule has 2 N–H and O–H groups in total. The molecule has 0 aliphatic carbocycles. The summed E-state index contributed by atoms with van der Waals surface area (Å²) in [5.74, 6) is -0.972. The van der Waals surface area contributed by atoms with Gasteiger partial charge < -0.3 is 19.7 Å². The Morgan fingerprint density at radius 2 is 1.66 bits per heavy atom. The molecule has 0 aliphatic heterocycles. The lowest BCUT2D eigenvalue weighted by Crippen LogP contribution is -2.49. The van der Waals surface area contributed by atoms with E-state index in [1.165, 1.54) is 41.3 Å². The first-order chi connectivity index (χ1) is 19.6. The first kappa shape index (κ1) is 31.9. The highest BCUT2D eigenvalue weighted by molar-refractivity contribution is 7.92. The molecule has 2 amide bonds. The summed E-state index contributed by atoms with van der Waals surface area (Å²) in [5, 5.41) is 3.38. The normalized spacial score (nSPS) is 11.9. The summed E-state index contributed by atoms with van der Waals surface area (Å²) < 4.78 is 51.7. The van der Waals surface area contributed by atoms with Gasteiger partial charge in [0.1, 0.15) is 17.6 Å². The number of hydrogen-bond acceptors (Lipinski definition) is 6. The van der Waals surface area contributed by atoms with E-state index in [1.807, 2.05) is 6.92 Å². The van der Waals surface area contributed by atoms with Crippen molar-refractivity contribution in [1.82, 2.24) is 10.2 Å². The van der Waals surface area contributed by atoms with Crippen LogP contribution in [0.4, 0.5) is 10.1 Å². The minimum atomic E-state index is -3.92. The molecule has 220 valence electrons. The van der Waals surface area contributed by atoms with E-state index in [0.29, 0.717) is 31.2 Å². The maximum Gasteiger partial charge on any atom is 0.261 e. The number of nitrogens with one attached hydrogen (secondary N) is 2. The van der Waals surface area contributed by atoms with Crippen LogP contribution in [0.3, 0.4) is 0 Å². The van der Waals surface area contributed by atoms with Gasteiger partial charge in [-0.1, -0.05) is 23.7 Å². The third kappa shape index (κ3) is 10.0. The Hall–Kier alpha value is -3.67. The predicted molar refractivity (Wildman–Crippen MR) is 155 cm³/mol. The maximum atomic E-state index is 13.2. The van der Waals surface area contributed by atoms with E-state index in [1.54, 1.807) is 31.2 Å². The molecule has 3 aromatic carbocycles. The highest BCUT2D eigenvalue weighted by atomic mass is 35.5. The van der Waals surface area contributed by atoms with Crippen molar-refractivity contribution in [3.05, 3.63) is 89.2 Å². The minimum Gasteiger partial charge on any atom is -0.484 e. The van der Waals surface area contributed by atoms with Crippen LogP contribution in [0.15, 0.2) is 77.7 Å². The molecule has 0 fully saturated rings. The standard InChI is InChI=1S/C29H33ClFN3O6S/c1-3-39-18-4-17-32-29(36)21(2)34(19-22-5-7-23(30)8-6-22)28(35)20-40-26-13-15-27(16-14-26)41(37,38)33-25-11-9-24(31)10-12-25/h5-16,21,33H,3-4,17-20H2,1-2H3,(H,32,36). The summed E-state index contributed by atoms with van der Waals surface area (Å²) in [7, 11) is -3.92. The highest BCUT2D eigenvalue weighted by Gasteiger charge is 2.26. The van der Waals surface area contributed by atoms with E-state index in [0.717, 1.165) is 17.7 Å². The molecule has 9 nitrogen and oxygen atoms in total. The van der Waals surface area contributed by atoms with Crippen LogP contribution in [0.25, 0.3) is 0 Å². The molecular formula is C29H33ClFN3O6S. The molecule has 0 saturated heterocycles. The lowest BCUT2D eigenvalue weighted by Gasteiger charge is -2.28. The molecule has 12 heteroatoms. The van der Waals surface area contributed by atoms with Gasteiger partial charge in [0, 0.05) is 37.0 Å². The Bertz CT molecular complexity index is 1390. The van der Waals surface area contributed by atoms with Gasteiger partial charge in [0.25, 0.3) is 15.9 Å². The summed E-state index contributed by atoms with van der Waals surface area (Å²) in [4.78, 5) is 27.4. The van der Waals surface area contributed by atoms with Gasteiger partial charge in [-0.15, -0.1) is 0 Å². The van der Waals surface area contributed by atoms with Gasteiger partial charge in [-0.2, -0.15) is 0 Å². The number of nitrogens with zero attached hydrogens (tertiary/aromatic N) is 1. The third-order valence-electron chi connectivity index (χ3n) is 6.00. The van der Waals surface area contributed by atoms with Gasteiger partial charge in [-0.05, 0) is 86.5 Å². The lowest BCUT2D eigenvalue weighted by atomic mass is 10.1. The van der Waals surface area contributed by atoms with Gasteiger partial charge in [-0.3, -0.25) is 14.3 Å². The average molecular weight is 606 g/mol. The zero-order valence-corrected chi connectivity index (χ0v) is 24.4. The topological polar surface area (TPSA) is 114 Å². The number of halogens is 2. The second-order valence-corrected chi connectivity index (χ2v) is 11.2. The van der Waals surface area contributed by atoms with E-state index < -0.39 is 27.8 Å². The number of benzene rings is 3. The number of carbonyl (C=O) groups is 2. The molecule has 0 aliphatic rings. The molecule has 41 heavy (non-hydrogen) atoms. The number of rotatable bonds is 15. The Kier molecular flexibility index (Phi) is 11.9. The molecule has 1 unspecified atom stereocenters. The van der Waals surface area contributed by atoms with Crippen LogP contribution in [-0.2, 0) is 30.9 Å². The minimum absolute atomic E-state index is 0.0421. The van der Waals surface area contributed by atoms with Crippen LogP contribution in [0.5, 0.6) is 5.75 Å². The molecule has 3 rings (SSSR count). The van der Waals surface area contributed by atoms with E-state index in [9.17, 15) is 22.4 Å². The van der Waals surface area contributed by atoms with Crippen molar-refractivity contribution >= 4 is 39.1 Å². The van der Waals surface area contributed by atoms with Crippen molar-refractivity contribution in [3.63, 3.8) is 0 Å². The van der Waals surface area contributed by atoms with Crippen LogP contribution in [0.2, 0.25) is 5.02 Å². The second-order valence-electron chi connectivity index (χ2n) is 9.04. The van der Waals surface area contributed by atoms with Gasteiger partial charge in [-0.25, -0.2) is 12.8 Å². The van der Waals surface area contributed by atoms with Crippen LogP contribution in [-0.4, -0.2) is 57.5 Å². The fourth-order valence-corrected chi connectivity index (χ4v) is 4.91. The van der Waals surface area contributed by atoms with Crippen LogP contribution >= 0.6 is 11.6 Å². The summed E-state index contributed by atoms with van der Waals surface area (Å²) in [5.41, 5.74) is 0.993. The number of sulfonamides is 1. The molecular weight excluding hydrogens is 573 g/mol. The molecule has 0 heterocycles. The molecule has 0 spiro atoms. The summed E-state index contributed by atoms with van der Waals surface area (Å²) >= 11 is 5.99. The predicted octanol–water partition coefficient (Wildman–Crippen LogP) is 4.62. The monoisotopic (exact) mass is 605 g/mol. The Labute approximate surface area is 244 Å². The quantitative estimate of drug-likeness (QED) is 0.244. The van der Waals surface area contributed by atoms with E-state index in [-0.39, 0.29) is 35.4 Å². The molecule has 3 aromatic rings. The zero-order chi connectivity index (χ0) is 29.8. The van der Waals surface area contributed by atoms with Crippen LogP contribution in [0, 0.1) is 5.82 Å². The largest absolute Gasteiger partial charge is 0.484 e. The average Bonchev–Trinajstić information content (AvgIpc) is 2.96. The van der Waals surface area contributed by atoms with Crippen LogP contribution in [0.1, 0.15) is 25.8 Å². The van der Waals surface area contributed by atoms with Gasteiger partial charge in [0.05, 0.1) is 4.90 Å². The van der Waals surface area contributed by atoms with Crippen molar-refractivity contribution in [3.8, 4) is 5.75 Å².